The first-order valence-corrected chi connectivity index (χ1v) is 6.58. The van der Waals surface area contributed by atoms with E-state index in [-0.39, 0.29) is 23.6 Å². The van der Waals surface area contributed by atoms with E-state index in [4.69, 9.17) is 15.2 Å². The number of amides is 1. The van der Waals surface area contributed by atoms with Crippen molar-refractivity contribution in [3.05, 3.63) is 41.2 Å². The number of benzene rings is 1. The van der Waals surface area contributed by atoms with Crippen molar-refractivity contribution >= 4 is 17.8 Å². The molecule has 0 saturated heterocycles. The molecule has 0 atom stereocenters. The number of nitrogens with two attached hydrogens (primary N) is 1. The van der Waals surface area contributed by atoms with Gasteiger partial charge in [0, 0.05) is 18.2 Å². The fourth-order valence-corrected chi connectivity index (χ4v) is 1.59. The second kappa shape index (κ2) is 7.82. The Hall–Kier alpha value is -2.83. The molecule has 0 bridgehead atoms. The lowest BCUT2D eigenvalue weighted by Gasteiger charge is -2.11. The van der Waals surface area contributed by atoms with Gasteiger partial charge in [-0.3, -0.25) is 14.9 Å². The van der Waals surface area contributed by atoms with Crippen molar-refractivity contribution in [1.29, 1.82) is 0 Å². The summed E-state index contributed by atoms with van der Waals surface area (Å²) < 4.78 is 9.60. The second-order valence-corrected chi connectivity index (χ2v) is 4.35. The molecular weight excluding hydrogens is 288 g/mol. The number of ketones is 1. The Morgan fingerprint density at radius 3 is 2.18 bits per heavy atom. The van der Waals surface area contributed by atoms with E-state index in [1.807, 2.05) is 0 Å². The summed E-state index contributed by atoms with van der Waals surface area (Å²) in [5.41, 5.74) is 6.02. The van der Waals surface area contributed by atoms with E-state index in [2.05, 4.69) is 5.32 Å². The van der Waals surface area contributed by atoms with Crippen molar-refractivity contribution in [2.75, 3.05) is 6.61 Å². The summed E-state index contributed by atoms with van der Waals surface area (Å²) in [5.74, 6) is -0.610. The lowest BCUT2D eigenvalue weighted by Crippen LogP contribution is -2.30. The molecule has 1 aromatic carbocycles. The van der Waals surface area contributed by atoms with Crippen molar-refractivity contribution in [3.8, 4) is 5.75 Å². The summed E-state index contributed by atoms with van der Waals surface area (Å²) in [5, 5.41) is 2.32. The van der Waals surface area contributed by atoms with Crippen LogP contribution in [-0.4, -0.2) is 24.5 Å². The summed E-state index contributed by atoms with van der Waals surface area (Å²) >= 11 is 0. The molecule has 0 aliphatic rings. The Kier molecular flexibility index (Phi) is 6.12. The number of carbonyl (C=O) groups excluding carboxylic acids is 3. The molecule has 0 aliphatic heterocycles. The van der Waals surface area contributed by atoms with Crippen LogP contribution in [0, 0.1) is 0 Å². The number of nitrogens with one attached hydrogen (secondary N) is 1. The third kappa shape index (κ3) is 4.93. The van der Waals surface area contributed by atoms with Crippen LogP contribution in [-0.2, 0) is 9.53 Å². The van der Waals surface area contributed by atoms with Crippen molar-refractivity contribution in [3.63, 3.8) is 0 Å². The molecule has 0 aromatic heterocycles. The molecule has 0 aliphatic carbocycles. The van der Waals surface area contributed by atoms with Gasteiger partial charge in [-0.05, 0) is 38.1 Å². The standard InChI is InChI=1S/C15H18N2O5/c1-4-21-15(20)17-13(9(2)16)14(19)11-5-7-12(8-6-11)22-10(3)18/h5-8H,4,16H2,1-3H3,(H,17,20)/b13-9+. The second-order valence-electron chi connectivity index (χ2n) is 4.35. The highest BCUT2D eigenvalue weighted by atomic mass is 16.5. The van der Waals surface area contributed by atoms with Gasteiger partial charge in [-0.25, -0.2) is 4.79 Å². The maximum atomic E-state index is 12.3. The summed E-state index contributed by atoms with van der Waals surface area (Å²) in [6.07, 6.45) is -0.757. The zero-order chi connectivity index (χ0) is 16.7. The molecule has 0 spiro atoms. The molecule has 0 unspecified atom stereocenters. The number of ether oxygens (including phenoxy) is 2. The summed E-state index contributed by atoms with van der Waals surface area (Å²) in [7, 11) is 0. The zero-order valence-electron chi connectivity index (χ0n) is 12.6. The van der Waals surface area contributed by atoms with Gasteiger partial charge >= 0.3 is 12.1 Å². The fourth-order valence-electron chi connectivity index (χ4n) is 1.59. The van der Waals surface area contributed by atoms with Crippen LogP contribution in [0.4, 0.5) is 4.79 Å². The Morgan fingerprint density at radius 2 is 1.73 bits per heavy atom. The van der Waals surface area contributed by atoms with Crippen LogP contribution < -0.4 is 15.8 Å². The number of hydrogen-bond acceptors (Lipinski definition) is 6. The Bertz CT molecular complexity index is 601. The normalized spacial score (nSPS) is 11.2. The van der Waals surface area contributed by atoms with Crippen LogP contribution >= 0.6 is 0 Å². The van der Waals surface area contributed by atoms with E-state index >= 15 is 0 Å². The van der Waals surface area contributed by atoms with Crippen molar-refractivity contribution in [1.82, 2.24) is 5.32 Å². The Balaban J connectivity index is 2.93. The van der Waals surface area contributed by atoms with E-state index in [1.54, 1.807) is 6.92 Å². The maximum absolute atomic E-state index is 12.3. The minimum Gasteiger partial charge on any atom is -0.450 e. The third-order valence-electron chi connectivity index (χ3n) is 2.50. The number of carbonyl (C=O) groups is 3. The van der Waals surface area contributed by atoms with Crippen molar-refractivity contribution in [2.45, 2.75) is 20.8 Å². The smallest absolute Gasteiger partial charge is 0.411 e. The van der Waals surface area contributed by atoms with Crippen LogP contribution in [0.5, 0.6) is 5.75 Å². The lowest BCUT2D eigenvalue weighted by molar-refractivity contribution is -0.131. The van der Waals surface area contributed by atoms with Gasteiger partial charge in [0.15, 0.2) is 0 Å². The molecule has 0 radical (unpaired) electrons. The molecule has 3 N–H and O–H groups in total. The largest absolute Gasteiger partial charge is 0.450 e. The maximum Gasteiger partial charge on any atom is 0.411 e. The van der Waals surface area contributed by atoms with Gasteiger partial charge in [-0.1, -0.05) is 0 Å². The van der Waals surface area contributed by atoms with Gasteiger partial charge in [0.05, 0.1) is 6.61 Å². The summed E-state index contributed by atoms with van der Waals surface area (Å²) in [6.45, 7) is 4.59. The molecule has 1 rings (SSSR count). The Morgan fingerprint density at radius 1 is 1.14 bits per heavy atom. The molecule has 7 heteroatoms. The topological polar surface area (TPSA) is 108 Å². The van der Waals surface area contributed by atoms with Gasteiger partial charge in [0.1, 0.15) is 11.4 Å². The van der Waals surface area contributed by atoms with Gasteiger partial charge in [0.2, 0.25) is 5.78 Å². The van der Waals surface area contributed by atoms with Crippen LogP contribution in [0.1, 0.15) is 31.1 Å². The highest BCUT2D eigenvalue weighted by Gasteiger charge is 2.17. The molecule has 118 valence electrons. The molecule has 7 nitrogen and oxygen atoms in total. The van der Waals surface area contributed by atoms with Crippen molar-refractivity contribution < 1.29 is 23.9 Å². The predicted molar refractivity (Wildman–Crippen MR) is 79.1 cm³/mol. The number of allylic oxidation sites excluding steroid dienone is 2. The van der Waals surface area contributed by atoms with Crippen LogP contribution in [0.3, 0.4) is 0 Å². The number of esters is 1. The van der Waals surface area contributed by atoms with Crippen LogP contribution in [0.25, 0.3) is 0 Å². The average molecular weight is 306 g/mol. The number of Topliss-reactive ketones (excluding diaryl/α,β-unsaturated/α-hetero) is 1. The SMILES string of the molecule is CCOC(=O)N/C(C(=O)c1ccc(OC(C)=O)cc1)=C(\C)N. The molecule has 22 heavy (non-hydrogen) atoms. The van der Waals surface area contributed by atoms with E-state index in [0.717, 1.165) is 0 Å². The third-order valence-corrected chi connectivity index (χ3v) is 2.50. The molecule has 0 fully saturated rings. The minimum atomic E-state index is -0.757. The quantitative estimate of drug-likeness (QED) is 0.371. The number of alkyl carbamates (subject to hydrolysis) is 1. The highest BCUT2D eigenvalue weighted by molar-refractivity contribution is 6.10. The van der Waals surface area contributed by atoms with Crippen LogP contribution in [0.2, 0.25) is 0 Å². The highest BCUT2D eigenvalue weighted by Crippen LogP contribution is 2.15. The minimum absolute atomic E-state index is 0.0568. The van der Waals surface area contributed by atoms with Crippen LogP contribution in [0.15, 0.2) is 35.7 Å². The van der Waals surface area contributed by atoms with Gasteiger partial charge in [-0.15, -0.1) is 0 Å². The zero-order valence-corrected chi connectivity index (χ0v) is 12.6. The average Bonchev–Trinajstić information content (AvgIpc) is 2.44. The fraction of sp³-hybridized carbons (Fsp3) is 0.267. The monoisotopic (exact) mass is 306 g/mol. The molecule has 1 aromatic rings. The summed E-state index contributed by atoms with van der Waals surface area (Å²) in [4.78, 5) is 34.6. The first-order valence-electron chi connectivity index (χ1n) is 6.58. The van der Waals surface area contributed by atoms with Gasteiger partial charge in [0.25, 0.3) is 0 Å². The lowest BCUT2D eigenvalue weighted by atomic mass is 10.1. The van der Waals surface area contributed by atoms with E-state index in [0.29, 0.717) is 5.75 Å². The molecule has 0 heterocycles. The van der Waals surface area contributed by atoms with Gasteiger partial charge in [-0.2, -0.15) is 0 Å². The number of hydrogen-bond donors (Lipinski definition) is 2. The first kappa shape index (κ1) is 17.2. The van der Waals surface area contributed by atoms with E-state index in [1.165, 1.54) is 38.1 Å². The molecule has 1 amide bonds. The Labute approximate surface area is 128 Å². The molecular formula is C15H18N2O5. The molecule has 0 saturated carbocycles. The predicted octanol–water partition coefficient (Wildman–Crippen LogP) is 1.73. The van der Waals surface area contributed by atoms with E-state index in [9.17, 15) is 14.4 Å². The van der Waals surface area contributed by atoms with E-state index < -0.39 is 17.8 Å². The summed E-state index contributed by atoms with van der Waals surface area (Å²) in [6, 6.07) is 5.89. The first-order chi connectivity index (χ1) is 10.3. The van der Waals surface area contributed by atoms with Gasteiger partial charge < -0.3 is 15.2 Å². The number of rotatable bonds is 5. The van der Waals surface area contributed by atoms with Crippen molar-refractivity contribution in [2.24, 2.45) is 5.73 Å².